The molecule has 1 radical (unpaired) electrons. The molecular formula is C10H9N+. The van der Waals surface area contributed by atoms with Crippen LogP contribution in [0.25, 0.3) is 10.8 Å². The minimum absolute atomic E-state index is 0.850. The highest BCUT2D eigenvalue weighted by molar-refractivity contribution is 5.90. The first-order valence-electron chi connectivity index (χ1n) is 3.61. The van der Waals surface area contributed by atoms with Gasteiger partial charge in [0.15, 0.2) is 5.69 Å². The lowest BCUT2D eigenvalue weighted by Crippen LogP contribution is -2.40. The largest absolute Gasteiger partial charge is 0.185 e. The molecule has 0 fully saturated rings. The monoisotopic (exact) mass is 143 g/mol. The van der Waals surface area contributed by atoms with Gasteiger partial charge >= 0.3 is 0 Å². The van der Waals surface area contributed by atoms with Crippen LogP contribution in [0.5, 0.6) is 0 Å². The summed E-state index contributed by atoms with van der Waals surface area (Å²) < 4.78 is 0. The third kappa shape index (κ3) is 0.994. The molecule has 0 saturated heterocycles. The Bertz CT molecular complexity index is 374. The first-order chi connectivity index (χ1) is 5.38. The van der Waals surface area contributed by atoms with Crippen molar-refractivity contribution < 1.29 is 5.73 Å². The predicted octanol–water partition coefficient (Wildman–Crippen LogP) is 1.50. The fourth-order valence-corrected chi connectivity index (χ4v) is 1.25. The van der Waals surface area contributed by atoms with Crippen molar-refractivity contribution in [2.24, 2.45) is 0 Å². The highest BCUT2D eigenvalue weighted by Gasteiger charge is 1.97. The average Bonchev–Trinajstić information content (AvgIpc) is 2.06. The topological polar surface area (TPSA) is 25.3 Å². The number of fused-ring (bicyclic) bond motifs is 1. The van der Waals surface area contributed by atoms with E-state index < -0.39 is 0 Å². The fourth-order valence-electron chi connectivity index (χ4n) is 1.25. The molecule has 0 aliphatic heterocycles. The Kier molecular flexibility index (Phi) is 1.37. The summed E-state index contributed by atoms with van der Waals surface area (Å²) in [5.41, 5.74) is 6.61. The van der Waals surface area contributed by atoms with E-state index in [0.29, 0.717) is 0 Å². The molecule has 53 valence electrons. The summed E-state index contributed by atoms with van der Waals surface area (Å²) in [4.78, 5) is 0. The van der Waals surface area contributed by atoms with E-state index in [1.807, 2.05) is 30.3 Å². The number of hydrogen-bond donors (Lipinski definition) is 1. The van der Waals surface area contributed by atoms with Gasteiger partial charge in [-0.1, -0.05) is 30.3 Å². The molecule has 1 nitrogen and oxygen atoms in total. The van der Waals surface area contributed by atoms with Gasteiger partial charge in [0.1, 0.15) is 0 Å². The Morgan fingerprint density at radius 1 is 0.818 bits per heavy atom. The van der Waals surface area contributed by atoms with Gasteiger partial charge in [-0.15, -0.1) is 0 Å². The smallest absolute Gasteiger partial charge is 0.159 e. The Hall–Kier alpha value is -1.34. The van der Waals surface area contributed by atoms with E-state index in [1.54, 1.807) is 0 Å². The minimum Gasteiger partial charge on any atom is -0.159 e. The normalized spacial score (nSPS) is 10.3. The number of nitrogens with two attached hydrogens (primary N) is 1. The number of rotatable bonds is 0. The van der Waals surface area contributed by atoms with Crippen molar-refractivity contribution in [1.82, 2.24) is 0 Å². The van der Waals surface area contributed by atoms with Crippen molar-refractivity contribution >= 4 is 16.5 Å². The van der Waals surface area contributed by atoms with Crippen LogP contribution in [-0.2, 0) is 0 Å². The van der Waals surface area contributed by atoms with Crippen LogP contribution in [0.2, 0.25) is 0 Å². The van der Waals surface area contributed by atoms with Crippen molar-refractivity contribution in [3.63, 3.8) is 0 Å². The van der Waals surface area contributed by atoms with Gasteiger partial charge in [-0.05, 0) is 11.5 Å². The Morgan fingerprint density at radius 3 is 2.36 bits per heavy atom. The molecule has 0 bridgehead atoms. The molecule has 2 N–H and O–H groups in total. The van der Waals surface area contributed by atoms with Crippen molar-refractivity contribution in [3.05, 3.63) is 42.5 Å². The van der Waals surface area contributed by atoms with Crippen LogP contribution in [0.1, 0.15) is 0 Å². The maximum absolute atomic E-state index is 5.76. The van der Waals surface area contributed by atoms with E-state index in [9.17, 15) is 0 Å². The summed E-state index contributed by atoms with van der Waals surface area (Å²) in [7, 11) is 0. The van der Waals surface area contributed by atoms with E-state index in [2.05, 4.69) is 12.1 Å². The standard InChI is InChI=1S/C10H9N/c11-10-7-3-5-8-4-1-2-6-9(8)10/h1-7H,11H2/q+1. The summed E-state index contributed by atoms with van der Waals surface area (Å²) in [6.07, 6.45) is 0. The van der Waals surface area contributed by atoms with Gasteiger partial charge in [-0.2, -0.15) is 5.73 Å². The van der Waals surface area contributed by atoms with E-state index in [1.165, 1.54) is 5.39 Å². The molecule has 1 heteroatoms. The van der Waals surface area contributed by atoms with E-state index in [4.69, 9.17) is 5.73 Å². The zero-order valence-electron chi connectivity index (χ0n) is 6.12. The van der Waals surface area contributed by atoms with E-state index in [-0.39, 0.29) is 0 Å². The number of anilines is 1. The SMILES string of the molecule is [NH2+]c1cccc2ccccc12. The molecule has 0 aliphatic rings. The Morgan fingerprint density at radius 2 is 1.55 bits per heavy atom. The Balaban J connectivity index is 2.91. The first kappa shape index (κ1) is 6.38. The fraction of sp³-hybridized carbons (Fsp3) is 0. The molecule has 0 heterocycles. The van der Waals surface area contributed by atoms with Crippen LogP contribution in [0.4, 0.5) is 5.69 Å². The van der Waals surface area contributed by atoms with Gasteiger partial charge in [0, 0.05) is 11.5 Å². The number of nitrogen functional groups attached to an aromatic ring is 1. The summed E-state index contributed by atoms with van der Waals surface area (Å²) in [5, 5.41) is 2.34. The summed E-state index contributed by atoms with van der Waals surface area (Å²) in [6.45, 7) is 0. The van der Waals surface area contributed by atoms with Crippen LogP contribution >= 0.6 is 0 Å². The van der Waals surface area contributed by atoms with Crippen LogP contribution in [0.15, 0.2) is 42.5 Å². The molecule has 2 rings (SSSR count). The van der Waals surface area contributed by atoms with Gasteiger partial charge in [-0.3, -0.25) is 0 Å². The predicted molar refractivity (Wildman–Crippen MR) is 45.5 cm³/mol. The molecule has 0 atom stereocenters. The van der Waals surface area contributed by atoms with Gasteiger partial charge in [0.2, 0.25) is 0 Å². The van der Waals surface area contributed by atoms with Crippen LogP contribution < -0.4 is 5.73 Å². The zero-order valence-corrected chi connectivity index (χ0v) is 6.12. The van der Waals surface area contributed by atoms with Gasteiger partial charge in [0.25, 0.3) is 0 Å². The van der Waals surface area contributed by atoms with E-state index in [0.717, 1.165) is 11.1 Å². The average molecular weight is 143 g/mol. The molecule has 0 unspecified atom stereocenters. The van der Waals surface area contributed by atoms with Crippen molar-refractivity contribution in [1.29, 1.82) is 0 Å². The lowest BCUT2D eigenvalue weighted by atomic mass is 10.1. The minimum atomic E-state index is 0.850. The molecule has 0 saturated carbocycles. The maximum atomic E-state index is 5.76. The second kappa shape index (κ2) is 2.36. The van der Waals surface area contributed by atoms with Crippen molar-refractivity contribution in [2.45, 2.75) is 0 Å². The second-order valence-corrected chi connectivity index (χ2v) is 2.57. The van der Waals surface area contributed by atoms with Crippen LogP contribution in [0.3, 0.4) is 0 Å². The van der Waals surface area contributed by atoms with Crippen molar-refractivity contribution in [3.8, 4) is 0 Å². The zero-order chi connectivity index (χ0) is 7.68. The molecule has 11 heavy (non-hydrogen) atoms. The summed E-state index contributed by atoms with van der Waals surface area (Å²) in [6, 6.07) is 14.1. The highest BCUT2D eigenvalue weighted by Crippen LogP contribution is 2.17. The van der Waals surface area contributed by atoms with Gasteiger partial charge < -0.3 is 0 Å². The first-order valence-corrected chi connectivity index (χ1v) is 3.61. The Labute approximate surface area is 65.5 Å². The second-order valence-electron chi connectivity index (χ2n) is 2.57. The molecular weight excluding hydrogens is 134 g/mol. The summed E-state index contributed by atoms with van der Waals surface area (Å²) >= 11 is 0. The van der Waals surface area contributed by atoms with Crippen LogP contribution in [-0.4, -0.2) is 0 Å². The third-order valence-corrected chi connectivity index (χ3v) is 1.82. The quantitative estimate of drug-likeness (QED) is 0.541. The molecule has 0 amide bonds. The molecule has 0 spiro atoms. The molecule has 0 aliphatic carbocycles. The lowest BCUT2D eigenvalue weighted by Gasteiger charge is -1.94. The maximum Gasteiger partial charge on any atom is 0.185 e. The number of hydrogen-bond acceptors (Lipinski definition) is 1. The molecule has 0 aromatic heterocycles. The summed E-state index contributed by atoms with van der Waals surface area (Å²) in [5.74, 6) is 0. The van der Waals surface area contributed by atoms with Gasteiger partial charge in [0.05, 0.1) is 0 Å². The lowest BCUT2D eigenvalue weighted by molar-refractivity contribution is -0.252. The molecule has 2 aromatic rings. The van der Waals surface area contributed by atoms with Gasteiger partial charge in [-0.25, -0.2) is 0 Å². The van der Waals surface area contributed by atoms with E-state index >= 15 is 0 Å². The van der Waals surface area contributed by atoms with Crippen molar-refractivity contribution in [2.75, 3.05) is 0 Å². The van der Waals surface area contributed by atoms with Crippen LogP contribution in [0, 0.1) is 0 Å². The highest BCUT2D eigenvalue weighted by atomic mass is 14.5. The third-order valence-electron chi connectivity index (χ3n) is 1.82. The number of benzene rings is 2. The molecule has 2 aromatic carbocycles.